The summed E-state index contributed by atoms with van der Waals surface area (Å²) in [5.74, 6) is 0.485. The summed E-state index contributed by atoms with van der Waals surface area (Å²) in [7, 11) is -1.71. The van der Waals surface area contributed by atoms with Crippen LogP contribution in [-0.4, -0.2) is 45.5 Å². The maximum Gasteiger partial charge on any atom is 0.241 e. The van der Waals surface area contributed by atoms with E-state index in [1.54, 1.807) is 0 Å². The molecule has 1 saturated heterocycles. The van der Waals surface area contributed by atoms with Gasteiger partial charge in [-0.15, -0.1) is 0 Å². The van der Waals surface area contributed by atoms with Gasteiger partial charge in [-0.1, -0.05) is 52.8 Å². The van der Waals surface area contributed by atoms with Gasteiger partial charge in [-0.05, 0) is 42.6 Å². The molecule has 2 rings (SSSR count). The molecule has 158 valence electrons. The van der Waals surface area contributed by atoms with Crippen LogP contribution in [0.3, 0.4) is 0 Å². The topological polar surface area (TPSA) is 72.3 Å². The summed E-state index contributed by atoms with van der Waals surface area (Å²) in [6.07, 6.45) is 0.816. The first-order chi connectivity index (χ1) is 13.0. The number of para-hydroxylation sites is 1. The Morgan fingerprint density at radius 2 is 1.82 bits per heavy atom. The highest BCUT2D eigenvalue weighted by molar-refractivity contribution is 6.74. The lowest BCUT2D eigenvalue weighted by molar-refractivity contribution is -0.118. The van der Waals surface area contributed by atoms with E-state index in [1.807, 2.05) is 30.3 Å². The molecule has 1 aromatic rings. The monoisotopic (exact) mass is 405 g/mol. The molecule has 5 nitrogen and oxygen atoms in total. The van der Waals surface area contributed by atoms with Gasteiger partial charge >= 0.3 is 0 Å². The number of nitrogens with one attached hydrogen (secondary N) is 3. The Morgan fingerprint density at radius 1 is 1.18 bits per heavy atom. The van der Waals surface area contributed by atoms with Gasteiger partial charge in [0.15, 0.2) is 8.32 Å². The number of hydrogen-bond acceptors (Lipinski definition) is 4. The summed E-state index contributed by atoms with van der Waals surface area (Å²) in [4.78, 5) is 12.7. The minimum absolute atomic E-state index is 0.0367. The lowest BCUT2D eigenvalue weighted by Crippen LogP contribution is -2.44. The molecule has 28 heavy (non-hydrogen) atoms. The number of rotatable bonds is 10. The Labute approximate surface area is 172 Å². The maximum atomic E-state index is 12.7. The molecular formula is C22H39N3O2Si. The van der Waals surface area contributed by atoms with Crippen LogP contribution in [0.2, 0.25) is 18.1 Å². The van der Waals surface area contributed by atoms with E-state index in [0.717, 1.165) is 25.3 Å². The van der Waals surface area contributed by atoms with Gasteiger partial charge in [0.25, 0.3) is 0 Å². The first-order valence-electron chi connectivity index (χ1n) is 10.5. The molecule has 1 heterocycles. The zero-order valence-electron chi connectivity index (χ0n) is 18.6. The molecule has 1 amide bonds. The van der Waals surface area contributed by atoms with Crippen LogP contribution in [0.15, 0.2) is 30.3 Å². The second kappa shape index (κ2) is 9.52. The largest absolute Gasteiger partial charge is 0.415 e. The molecule has 0 radical (unpaired) electrons. The summed E-state index contributed by atoms with van der Waals surface area (Å²) >= 11 is 0. The highest BCUT2D eigenvalue weighted by atomic mass is 28.4. The lowest BCUT2D eigenvalue weighted by atomic mass is 10.0. The molecule has 1 unspecified atom stereocenters. The lowest BCUT2D eigenvalue weighted by Gasteiger charge is -2.36. The summed E-state index contributed by atoms with van der Waals surface area (Å²) in [5, 5.41) is 10.2. The first kappa shape index (κ1) is 23.1. The second-order valence-electron chi connectivity index (χ2n) is 9.90. The molecule has 3 atom stereocenters. The number of anilines is 1. The van der Waals surface area contributed by atoms with Crippen molar-refractivity contribution in [3.8, 4) is 0 Å². The van der Waals surface area contributed by atoms with Gasteiger partial charge in [0.2, 0.25) is 5.91 Å². The van der Waals surface area contributed by atoms with E-state index in [-0.39, 0.29) is 17.0 Å². The van der Waals surface area contributed by atoms with E-state index in [1.165, 1.54) is 0 Å². The third-order valence-electron chi connectivity index (χ3n) is 5.88. The molecule has 1 aromatic carbocycles. The van der Waals surface area contributed by atoms with Gasteiger partial charge in [-0.2, -0.15) is 0 Å². The van der Waals surface area contributed by atoms with E-state index in [9.17, 15) is 4.79 Å². The van der Waals surface area contributed by atoms with Crippen molar-refractivity contribution in [1.82, 2.24) is 10.6 Å². The average molecular weight is 406 g/mol. The normalized spacial score (nSPS) is 20.9. The van der Waals surface area contributed by atoms with Gasteiger partial charge < -0.3 is 20.4 Å². The third-order valence-corrected chi connectivity index (χ3v) is 10.4. The summed E-state index contributed by atoms with van der Waals surface area (Å²) < 4.78 is 6.32. The van der Waals surface area contributed by atoms with Gasteiger partial charge in [0, 0.05) is 24.3 Å². The quantitative estimate of drug-likeness (QED) is 0.406. The van der Waals surface area contributed by atoms with Crippen LogP contribution >= 0.6 is 0 Å². The van der Waals surface area contributed by atoms with Crippen LogP contribution in [0.5, 0.6) is 0 Å². The van der Waals surface area contributed by atoms with Crippen molar-refractivity contribution in [1.29, 1.82) is 0 Å². The zero-order chi connectivity index (χ0) is 20.9. The van der Waals surface area contributed by atoms with E-state index < -0.39 is 8.32 Å². The average Bonchev–Trinajstić information content (AvgIpc) is 3.35. The zero-order valence-corrected chi connectivity index (χ0v) is 19.6. The molecule has 0 saturated carbocycles. The van der Waals surface area contributed by atoms with E-state index in [2.05, 4.69) is 63.7 Å². The fourth-order valence-corrected chi connectivity index (χ4v) is 3.90. The first-order valence-corrected chi connectivity index (χ1v) is 13.4. The number of benzene rings is 1. The fourth-order valence-electron chi connectivity index (χ4n) is 2.87. The van der Waals surface area contributed by atoms with Crippen LogP contribution < -0.4 is 16.0 Å². The molecular weight excluding hydrogens is 366 g/mol. The molecule has 0 bridgehead atoms. The molecule has 0 aliphatic carbocycles. The van der Waals surface area contributed by atoms with E-state index in [4.69, 9.17) is 4.43 Å². The summed E-state index contributed by atoms with van der Waals surface area (Å²) in [6, 6.07) is 10.2. The molecule has 0 aromatic heterocycles. The number of carbonyl (C=O) groups is 1. The molecule has 3 N–H and O–H groups in total. The van der Waals surface area contributed by atoms with E-state index >= 15 is 0 Å². The van der Waals surface area contributed by atoms with Crippen LogP contribution in [0, 0.1) is 5.92 Å². The van der Waals surface area contributed by atoms with Crippen molar-refractivity contribution in [3.05, 3.63) is 30.3 Å². The fraction of sp³-hybridized carbons (Fsp3) is 0.682. The van der Waals surface area contributed by atoms with Crippen molar-refractivity contribution >= 4 is 19.9 Å². The Hall–Kier alpha value is -1.21. The summed E-state index contributed by atoms with van der Waals surface area (Å²) in [6.45, 7) is 17.2. The van der Waals surface area contributed by atoms with Gasteiger partial charge in [0.1, 0.15) is 0 Å². The molecule has 1 fully saturated rings. The van der Waals surface area contributed by atoms with Gasteiger partial charge in [0.05, 0.1) is 12.6 Å². The summed E-state index contributed by atoms with van der Waals surface area (Å²) in [5.41, 5.74) is 0.841. The highest BCUT2D eigenvalue weighted by Crippen LogP contribution is 2.37. The van der Waals surface area contributed by atoms with Crippen LogP contribution in [0.4, 0.5) is 5.69 Å². The highest BCUT2D eigenvalue weighted by Gasteiger charge is 2.42. The number of amides is 1. The Balaban J connectivity index is 1.80. The standard InChI is InChI=1S/C22H39N3O2Si/c1-16(2)13-18(21(26)24-17-11-9-8-10-12-17)23-14-19-20(25-19)15-27-28(6,7)22(3,4)5/h8-12,16,18-20,23,25H,13-15H2,1-7H3,(H,24,26)/t18?,19-,20-/m1/s1. The molecule has 6 heteroatoms. The Kier molecular flexibility index (Phi) is 7.85. The van der Waals surface area contributed by atoms with Crippen molar-refractivity contribution in [2.24, 2.45) is 5.92 Å². The van der Waals surface area contributed by atoms with Gasteiger partial charge in [-0.25, -0.2) is 0 Å². The Bertz CT molecular complexity index is 628. The van der Waals surface area contributed by atoms with Crippen molar-refractivity contribution < 1.29 is 9.22 Å². The van der Waals surface area contributed by atoms with Crippen LogP contribution in [0.1, 0.15) is 41.0 Å². The van der Waals surface area contributed by atoms with Crippen molar-refractivity contribution in [2.75, 3.05) is 18.5 Å². The maximum absolute atomic E-state index is 12.7. The molecule has 1 aliphatic heterocycles. The van der Waals surface area contributed by atoms with Crippen molar-refractivity contribution in [2.45, 2.75) is 77.3 Å². The smallest absolute Gasteiger partial charge is 0.241 e. The third kappa shape index (κ3) is 6.99. The molecule has 0 spiro atoms. The SMILES string of the molecule is CC(C)CC(NC[C@H]1N[C@@H]1CO[Si](C)(C)C(C)(C)C)C(=O)Nc1ccccc1. The van der Waals surface area contributed by atoms with Gasteiger partial charge in [-0.3, -0.25) is 4.79 Å². The second-order valence-corrected chi connectivity index (χ2v) is 14.7. The minimum Gasteiger partial charge on any atom is -0.415 e. The Morgan fingerprint density at radius 3 is 2.39 bits per heavy atom. The minimum atomic E-state index is -1.71. The van der Waals surface area contributed by atoms with Crippen molar-refractivity contribution in [3.63, 3.8) is 0 Å². The predicted octanol–water partition coefficient (Wildman–Crippen LogP) is 3.99. The van der Waals surface area contributed by atoms with Crippen LogP contribution in [-0.2, 0) is 9.22 Å². The van der Waals surface area contributed by atoms with E-state index in [0.29, 0.717) is 18.0 Å². The number of carbonyl (C=O) groups excluding carboxylic acids is 1. The number of hydrogen-bond donors (Lipinski definition) is 3. The predicted molar refractivity (Wildman–Crippen MR) is 120 cm³/mol. The molecule has 1 aliphatic rings. The van der Waals surface area contributed by atoms with Crippen LogP contribution in [0.25, 0.3) is 0 Å².